The highest BCUT2D eigenvalue weighted by Crippen LogP contribution is 2.37. The van der Waals surface area contributed by atoms with Crippen LogP contribution in [0.4, 0.5) is 0 Å². The van der Waals surface area contributed by atoms with Gasteiger partial charge in [-0.15, -0.1) is 0 Å². The normalized spacial score (nSPS) is 16.1. The zero-order valence-corrected chi connectivity index (χ0v) is 8.92. The van der Waals surface area contributed by atoms with Crippen LogP contribution in [0.3, 0.4) is 0 Å². The van der Waals surface area contributed by atoms with Crippen molar-refractivity contribution in [1.82, 2.24) is 15.2 Å². The molecule has 1 fully saturated rings. The van der Waals surface area contributed by atoms with Gasteiger partial charge in [-0.25, -0.2) is 4.98 Å². The summed E-state index contributed by atoms with van der Waals surface area (Å²) in [6, 6.07) is 0. The molecule has 1 aliphatic carbocycles. The Kier molecular flexibility index (Phi) is 3.17. The van der Waals surface area contributed by atoms with E-state index < -0.39 is 0 Å². The maximum atomic E-state index is 4.50. The van der Waals surface area contributed by atoms with Crippen molar-refractivity contribution >= 4 is 0 Å². The molecule has 0 aliphatic heterocycles. The predicted molar refractivity (Wildman–Crippen MR) is 56.2 cm³/mol. The third kappa shape index (κ3) is 2.56. The molecule has 0 bridgehead atoms. The average Bonchev–Trinajstić information content (AvgIpc) is 2.94. The summed E-state index contributed by atoms with van der Waals surface area (Å²) in [5.74, 6) is 2.81. The van der Waals surface area contributed by atoms with Gasteiger partial charge >= 0.3 is 0 Å². The fraction of sp³-hybridized carbons (Fsp3) is 0.818. The van der Waals surface area contributed by atoms with Gasteiger partial charge < -0.3 is 0 Å². The third-order valence-electron chi connectivity index (χ3n) is 2.76. The van der Waals surface area contributed by atoms with Gasteiger partial charge in [0.1, 0.15) is 5.82 Å². The van der Waals surface area contributed by atoms with Crippen molar-refractivity contribution in [3.05, 3.63) is 11.6 Å². The van der Waals surface area contributed by atoms with Gasteiger partial charge in [0.25, 0.3) is 0 Å². The first kappa shape index (κ1) is 9.69. The lowest BCUT2D eigenvalue weighted by atomic mass is 10.1. The Hall–Kier alpha value is -0.860. The summed E-state index contributed by atoms with van der Waals surface area (Å²) in [4.78, 5) is 4.50. The van der Waals surface area contributed by atoms with Gasteiger partial charge in [0, 0.05) is 12.3 Å². The molecule has 1 N–H and O–H groups in total. The van der Waals surface area contributed by atoms with Crippen LogP contribution in [0.1, 0.15) is 63.0 Å². The first-order valence-electron chi connectivity index (χ1n) is 5.81. The second-order valence-corrected chi connectivity index (χ2v) is 4.23. The Balaban J connectivity index is 1.72. The van der Waals surface area contributed by atoms with Crippen molar-refractivity contribution in [1.29, 1.82) is 0 Å². The Bertz CT molecular complexity index is 276. The fourth-order valence-electron chi connectivity index (χ4n) is 1.67. The van der Waals surface area contributed by atoms with E-state index in [1.165, 1.54) is 38.5 Å². The Morgan fingerprint density at radius 1 is 1.29 bits per heavy atom. The molecule has 0 unspecified atom stereocenters. The molecule has 0 spiro atoms. The molecule has 3 nitrogen and oxygen atoms in total. The first-order chi connectivity index (χ1) is 6.90. The summed E-state index contributed by atoms with van der Waals surface area (Å²) >= 11 is 0. The van der Waals surface area contributed by atoms with E-state index in [0.29, 0.717) is 5.92 Å². The molecule has 14 heavy (non-hydrogen) atoms. The van der Waals surface area contributed by atoms with E-state index in [2.05, 4.69) is 22.1 Å². The van der Waals surface area contributed by atoms with Gasteiger partial charge in [0.05, 0.1) is 0 Å². The van der Waals surface area contributed by atoms with Gasteiger partial charge in [0.15, 0.2) is 5.82 Å². The van der Waals surface area contributed by atoms with Crippen LogP contribution in [0.5, 0.6) is 0 Å². The van der Waals surface area contributed by atoms with Crippen molar-refractivity contribution in [2.45, 2.75) is 57.8 Å². The highest BCUT2D eigenvalue weighted by atomic mass is 15.2. The second-order valence-electron chi connectivity index (χ2n) is 4.23. The molecule has 0 atom stereocenters. The molecule has 1 aromatic rings. The summed E-state index contributed by atoms with van der Waals surface area (Å²) in [6.07, 6.45) is 8.83. The lowest BCUT2D eigenvalue weighted by molar-refractivity contribution is 0.653. The molecular weight excluding hydrogens is 174 g/mol. The Labute approximate surface area is 85.3 Å². The van der Waals surface area contributed by atoms with Crippen molar-refractivity contribution in [2.75, 3.05) is 0 Å². The van der Waals surface area contributed by atoms with Crippen LogP contribution in [-0.4, -0.2) is 15.2 Å². The molecule has 1 heterocycles. The molecular formula is C11H19N3. The SMILES string of the molecule is CCCCCCc1nc(C2CC2)n[nH]1. The number of rotatable bonds is 6. The largest absolute Gasteiger partial charge is 0.263 e. The first-order valence-corrected chi connectivity index (χ1v) is 5.81. The van der Waals surface area contributed by atoms with Gasteiger partial charge in [-0.2, -0.15) is 5.10 Å². The van der Waals surface area contributed by atoms with E-state index in [1.807, 2.05) is 0 Å². The van der Waals surface area contributed by atoms with Gasteiger partial charge in [-0.1, -0.05) is 26.2 Å². The third-order valence-corrected chi connectivity index (χ3v) is 2.76. The summed E-state index contributed by atoms with van der Waals surface area (Å²) in [5.41, 5.74) is 0. The monoisotopic (exact) mass is 193 g/mol. The minimum absolute atomic E-state index is 0.677. The molecule has 0 radical (unpaired) electrons. The lowest BCUT2D eigenvalue weighted by Crippen LogP contribution is -1.89. The summed E-state index contributed by atoms with van der Waals surface area (Å²) < 4.78 is 0. The number of unbranched alkanes of at least 4 members (excludes halogenated alkanes) is 3. The topological polar surface area (TPSA) is 41.6 Å². The van der Waals surface area contributed by atoms with Crippen molar-refractivity contribution < 1.29 is 0 Å². The quantitative estimate of drug-likeness (QED) is 0.706. The molecule has 0 saturated heterocycles. The van der Waals surface area contributed by atoms with Crippen LogP contribution in [0.25, 0.3) is 0 Å². The zero-order valence-electron chi connectivity index (χ0n) is 8.92. The smallest absolute Gasteiger partial charge is 0.153 e. The number of hydrogen-bond acceptors (Lipinski definition) is 2. The van der Waals surface area contributed by atoms with Crippen molar-refractivity contribution in [3.8, 4) is 0 Å². The number of nitrogens with one attached hydrogen (secondary N) is 1. The van der Waals surface area contributed by atoms with Crippen LogP contribution in [0.15, 0.2) is 0 Å². The maximum Gasteiger partial charge on any atom is 0.153 e. The average molecular weight is 193 g/mol. The number of hydrogen-bond donors (Lipinski definition) is 1. The number of H-pyrrole nitrogens is 1. The van der Waals surface area contributed by atoms with Crippen LogP contribution >= 0.6 is 0 Å². The Morgan fingerprint density at radius 2 is 2.14 bits per heavy atom. The molecule has 2 rings (SSSR count). The molecule has 0 amide bonds. The standard InChI is InChI=1S/C11H19N3/c1-2-3-4-5-6-10-12-11(14-13-10)9-7-8-9/h9H,2-8H2,1H3,(H,12,13,14). The van der Waals surface area contributed by atoms with E-state index in [4.69, 9.17) is 0 Å². The minimum Gasteiger partial charge on any atom is -0.263 e. The van der Waals surface area contributed by atoms with Crippen molar-refractivity contribution in [2.24, 2.45) is 0 Å². The number of nitrogens with zero attached hydrogens (tertiary/aromatic N) is 2. The second kappa shape index (κ2) is 4.58. The molecule has 78 valence electrons. The summed E-state index contributed by atoms with van der Waals surface area (Å²) in [5, 5.41) is 7.28. The summed E-state index contributed by atoms with van der Waals surface area (Å²) in [7, 11) is 0. The van der Waals surface area contributed by atoms with Crippen LogP contribution < -0.4 is 0 Å². The maximum absolute atomic E-state index is 4.50. The molecule has 1 aliphatic rings. The van der Waals surface area contributed by atoms with Crippen LogP contribution in [0.2, 0.25) is 0 Å². The number of aryl methyl sites for hydroxylation is 1. The molecule has 0 aromatic carbocycles. The molecule has 1 aromatic heterocycles. The van der Waals surface area contributed by atoms with Crippen molar-refractivity contribution in [3.63, 3.8) is 0 Å². The molecule has 1 saturated carbocycles. The van der Waals surface area contributed by atoms with Gasteiger partial charge in [0.2, 0.25) is 0 Å². The zero-order chi connectivity index (χ0) is 9.80. The minimum atomic E-state index is 0.677. The van der Waals surface area contributed by atoms with Crippen LogP contribution in [0, 0.1) is 0 Å². The highest BCUT2D eigenvalue weighted by molar-refractivity contribution is 5.04. The van der Waals surface area contributed by atoms with Crippen LogP contribution in [-0.2, 0) is 6.42 Å². The fourth-order valence-corrected chi connectivity index (χ4v) is 1.67. The van der Waals surface area contributed by atoms with E-state index in [-0.39, 0.29) is 0 Å². The lowest BCUT2D eigenvalue weighted by Gasteiger charge is -1.95. The summed E-state index contributed by atoms with van der Waals surface area (Å²) in [6.45, 7) is 2.24. The van der Waals surface area contributed by atoms with E-state index in [9.17, 15) is 0 Å². The van der Waals surface area contributed by atoms with E-state index in [0.717, 1.165) is 18.1 Å². The van der Waals surface area contributed by atoms with E-state index >= 15 is 0 Å². The number of aromatic amines is 1. The Morgan fingerprint density at radius 3 is 2.86 bits per heavy atom. The number of aromatic nitrogens is 3. The van der Waals surface area contributed by atoms with Gasteiger partial charge in [-0.3, -0.25) is 5.10 Å². The molecule has 3 heteroatoms. The van der Waals surface area contributed by atoms with E-state index in [1.54, 1.807) is 0 Å². The van der Waals surface area contributed by atoms with Gasteiger partial charge in [-0.05, 0) is 19.3 Å². The highest BCUT2D eigenvalue weighted by Gasteiger charge is 2.27. The predicted octanol–water partition coefficient (Wildman–Crippen LogP) is 2.80.